The molecule has 0 radical (unpaired) electrons. The molecule has 30 heavy (non-hydrogen) atoms. The molecule has 2 aromatic rings. The Morgan fingerprint density at radius 3 is 2.43 bits per heavy atom. The zero-order chi connectivity index (χ0) is 21.3. The molecule has 0 spiro atoms. The lowest BCUT2D eigenvalue weighted by Gasteiger charge is -2.18. The second-order valence-corrected chi connectivity index (χ2v) is 8.10. The van der Waals surface area contributed by atoms with Crippen molar-refractivity contribution >= 4 is 17.0 Å². The predicted molar refractivity (Wildman–Crippen MR) is 115 cm³/mol. The Hall–Kier alpha value is -2.57. The fraction of sp³-hybridized carbons (Fsp3) is 0.364. The van der Waals surface area contributed by atoms with E-state index in [0.717, 1.165) is 35.2 Å². The van der Waals surface area contributed by atoms with Crippen molar-refractivity contribution in [1.29, 1.82) is 5.26 Å². The molecule has 3 atom stereocenters. The molecule has 158 valence electrons. The summed E-state index contributed by atoms with van der Waals surface area (Å²) in [6.45, 7) is 1.80. The highest BCUT2D eigenvalue weighted by molar-refractivity contribution is 7.78. The zero-order valence-corrected chi connectivity index (χ0v) is 17.4. The molecule has 3 N–H and O–H groups in total. The Morgan fingerprint density at radius 2 is 1.83 bits per heavy atom. The van der Waals surface area contributed by atoms with Gasteiger partial charge in [-0.3, -0.25) is 4.79 Å². The second-order valence-electron chi connectivity index (χ2n) is 7.17. The van der Waals surface area contributed by atoms with Crippen LogP contribution in [0.3, 0.4) is 0 Å². The van der Waals surface area contributed by atoms with E-state index in [1.54, 1.807) is 0 Å². The van der Waals surface area contributed by atoms with Crippen LogP contribution in [0, 0.1) is 11.3 Å². The van der Waals surface area contributed by atoms with Crippen molar-refractivity contribution in [2.75, 3.05) is 19.7 Å². The van der Waals surface area contributed by atoms with Crippen molar-refractivity contribution in [3.8, 4) is 17.2 Å². The Balaban J connectivity index is 1.59. The van der Waals surface area contributed by atoms with Gasteiger partial charge in [0.05, 0.1) is 11.8 Å². The molecule has 7 nitrogen and oxygen atoms in total. The molecular weight excluding hydrogens is 402 g/mol. The van der Waals surface area contributed by atoms with Gasteiger partial charge < -0.3 is 19.9 Å². The molecule has 8 heteroatoms. The standard InChI is InChI=1S/C22H25N3O4S/c23-13-20(25-22(26)21-14-24-10-1-11-29-21)12-16-2-6-18(7-3-16)19-8-4-17(5-9-19)15-30(27)28/h2-9,20-21,24H,1,10-12,14-15H2,(H,25,26)(H,27,28)/t20-,21-/m0/s1. The first-order chi connectivity index (χ1) is 14.5. The molecule has 1 heterocycles. The van der Waals surface area contributed by atoms with Gasteiger partial charge in [0.15, 0.2) is 11.1 Å². The van der Waals surface area contributed by atoms with E-state index in [-0.39, 0.29) is 11.7 Å². The van der Waals surface area contributed by atoms with E-state index >= 15 is 0 Å². The number of nitriles is 1. The second kappa shape index (κ2) is 11.0. The van der Waals surface area contributed by atoms with Crippen LogP contribution in [-0.2, 0) is 32.8 Å². The normalized spacial score (nSPS) is 18.6. The maximum atomic E-state index is 12.4. The molecule has 1 fully saturated rings. The van der Waals surface area contributed by atoms with E-state index < -0.39 is 23.2 Å². The summed E-state index contributed by atoms with van der Waals surface area (Å²) in [5.41, 5.74) is 3.75. The monoisotopic (exact) mass is 427 g/mol. The smallest absolute Gasteiger partial charge is 0.251 e. The highest BCUT2D eigenvalue weighted by Crippen LogP contribution is 2.21. The summed E-state index contributed by atoms with van der Waals surface area (Å²) in [4.78, 5) is 12.4. The van der Waals surface area contributed by atoms with E-state index in [1.807, 2.05) is 48.5 Å². The van der Waals surface area contributed by atoms with Crippen LogP contribution in [0.2, 0.25) is 0 Å². The molecule has 0 aliphatic carbocycles. The van der Waals surface area contributed by atoms with Crippen molar-refractivity contribution in [2.45, 2.75) is 30.7 Å². The van der Waals surface area contributed by atoms with Crippen LogP contribution in [0.5, 0.6) is 0 Å². The maximum Gasteiger partial charge on any atom is 0.251 e. The van der Waals surface area contributed by atoms with Gasteiger partial charge in [-0.25, -0.2) is 4.21 Å². The van der Waals surface area contributed by atoms with Crippen molar-refractivity contribution in [3.05, 3.63) is 59.7 Å². The van der Waals surface area contributed by atoms with Crippen LogP contribution in [0.4, 0.5) is 0 Å². The molecular formula is C22H25N3O4S. The highest BCUT2D eigenvalue weighted by atomic mass is 32.2. The summed E-state index contributed by atoms with van der Waals surface area (Å²) in [5, 5.41) is 15.4. The number of amides is 1. The zero-order valence-electron chi connectivity index (χ0n) is 16.5. The number of ether oxygens (including phenoxy) is 1. The van der Waals surface area contributed by atoms with Gasteiger partial charge in [-0.2, -0.15) is 5.26 Å². The van der Waals surface area contributed by atoms with E-state index in [0.29, 0.717) is 19.6 Å². The summed E-state index contributed by atoms with van der Waals surface area (Å²) in [5.74, 6) is -0.154. The average Bonchev–Trinajstić information content (AvgIpc) is 3.04. The lowest BCUT2D eigenvalue weighted by molar-refractivity contribution is -0.132. The van der Waals surface area contributed by atoms with E-state index in [2.05, 4.69) is 16.7 Å². The number of hydrogen-bond donors (Lipinski definition) is 3. The van der Waals surface area contributed by atoms with Gasteiger partial charge in [0.25, 0.3) is 5.91 Å². The van der Waals surface area contributed by atoms with E-state index in [1.165, 1.54) is 0 Å². The molecule has 1 aliphatic rings. The van der Waals surface area contributed by atoms with Crippen LogP contribution in [0.25, 0.3) is 11.1 Å². The molecule has 1 saturated heterocycles. The third-order valence-corrected chi connectivity index (χ3v) is 5.46. The summed E-state index contributed by atoms with van der Waals surface area (Å²) in [7, 11) is 0. The Kier molecular flexibility index (Phi) is 8.11. The minimum Gasteiger partial charge on any atom is -0.367 e. The Labute approximate surface area is 178 Å². The first-order valence-corrected chi connectivity index (χ1v) is 11.1. The number of nitrogens with one attached hydrogen (secondary N) is 2. The number of benzene rings is 2. The molecule has 3 rings (SSSR count). The van der Waals surface area contributed by atoms with Gasteiger partial charge in [-0.15, -0.1) is 0 Å². The van der Waals surface area contributed by atoms with Crippen molar-refractivity contribution in [2.24, 2.45) is 0 Å². The third-order valence-electron chi connectivity index (χ3n) is 4.88. The van der Waals surface area contributed by atoms with Gasteiger partial charge in [0.2, 0.25) is 0 Å². The summed E-state index contributed by atoms with van der Waals surface area (Å²) in [6.07, 6.45) is 0.697. The number of carbonyl (C=O) groups excluding carboxylic acids is 1. The van der Waals surface area contributed by atoms with Crippen LogP contribution < -0.4 is 10.6 Å². The van der Waals surface area contributed by atoms with Gasteiger partial charge in [0, 0.05) is 19.6 Å². The SMILES string of the molecule is N#C[C@H](Cc1ccc(-c2ccc(CS(=O)O)cc2)cc1)NC(=O)[C@@H]1CNCCCO1. The number of hydrogen-bond acceptors (Lipinski definition) is 5. The van der Waals surface area contributed by atoms with Crippen LogP contribution in [-0.4, -0.2) is 46.5 Å². The van der Waals surface area contributed by atoms with Gasteiger partial charge in [-0.05, 0) is 35.2 Å². The molecule has 1 amide bonds. The molecule has 1 aliphatic heterocycles. The fourth-order valence-electron chi connectivity index (χ4n) is 3.28. The van der Waals surface area contributed by atoms with E-state index in [4.69, 9.17) is 9.29 Å². The van der Waals surface area contributed by atoms with Crippen molar-refractivity contribution in [3.63, 3.8) is 0 Å². The van der Waals surface area contributed by atoms with Crippen molar-refractivity contribution < 1.29 is 18.3 Å². The van der Waals surface area contributed by atoms with Crippen LogP contribution >= 0.6 is 0 Å². The topological polar surface area (TPSA) is 111 Å². The first-order valence-electron chi connectivity index (χ1n) is 9.83. The molecule has 2 aromatic carbocycles. The summed E-state index contributed by atoms with van der Waals surface area (Å²) >= 11 is -1.85. The maximum absolute atomic E-state index is 12.4. The lowest BCUT2D eigenvalue weighted by Crippen LogP contribution is -2.46. The number of nitrogens with zero attached hydrogens (tertiary/aromatic N) is 1. The van der Waals surface area contributed by atoms with Gasteiger partial charge in [-0.1, -0.05) is 48.5 Å². The fourth-order valence-corrected chi connectivity index (χ4v) is 3.76. The Bertz CT molecular complexity index is 901. The van der Waals surface area contributed by atoms with Crippen LogP contribution in [0.1, 0.15) is 17.5 Å². The average molecular weight is 428 g/mol. The van der Waals surface area contributed by atoms with E-state index in [9.17, 15) is 14.3 Å². The molecule has 0 bridgehead atoms. The minimum absolute atomic E-state index is 0.114. The highest BCUT2D eigenvalue weighted by Gasteiger charge is 2.23. The summed E-state index contributed by atoms with van der Waals surface area (Å²) in [6, 6.07) is 16.8. The van der Waals surface area contributed by atoms with Gasteiger partial charge >= 0.3 is 0 Å². The molecule has 0 saturated carbocycles. The number of rotatable bonds is 7. The minimum atomic E-state index is -1.85. The number of carbonyl (C=O) groups is 1. The largest absolute Gasteiger partial charge is 0.367 e. The first kappa shape index (κ1) is 22.1. The van der Waals surface area contributed by atoms with Crippen LogP contribution in [0.15, 0.2) is 48.5 Å². The lowest BCUT2D eigenvalue weighted by atomic mass is 10.00. The predicted octanol–water partition coefficient (Wildman–Crippen LogP) is 2.00. The van der Waals surface area contributed by atoms with Crippen molar-refractivity contribution in [1.82, 2.24) is 10.6 Å². The summed E-state index contributed by atoms with van der Waals surface area (Å²) < 4.78 is 25.4. The molecule has 0 aromatic heterocycles. The Morgan fingerprint density at radius 1 is 1.20 bits per heavy atom. The quantitative estimate of drug-likeness (QED) is 0.583. The third kappa shape index (κ3) is 6.47. The molecule has 1 unspecified atom stereocenters. The van der Waals surface area contributed by atoms with Gasteiger partial charge in [0.1, 0.15) is 12.1 Å².